The topological polar surface area (TPSA) is 41.2 Å². The predicted octanol–water partition coefficient (Wildman–Crippen LogP) is 1.97. The summed E-state index contributed by atoms with van der Waals surface area (Å²) in [7, 11) is 1.34. The normalized spacial score (nSPS) is 10.9. The third-order valence-electron chi connectivity index (χ3n) is 1.33. The fourth-order valence-corrected chi connectivity index (χ4v) is 0.736. The number of benzene rings is 1. The molecule has 0 aliphatic carbocycles. The maximum absolute atomic E-state index is 10.6. The molecule has 1 aromatic rings. The van der Waals surface area contributed by atoms with Crippen molar-refractivity contribution in [3.8, 4) is 0 Å². The van der Waals surface area contributed by atoms with Crippen LogP contribution >= 0.6 is 0 Å². The average Bonchev–Trinajstić information content (AvgIpc) is 2.16. The first kappa shape index (κ1) is 8.46. The van der Waals surface area contributed by atoms with Crippen LogP contribution in [-0.2, 0) is 9.84 Å². The highest BCUT2D eigenvalue weighted by Gasteiger charge is 1.90. The lowest BCUT2D eigenvalue weighted by Crippen LogP contribution is -1.91. The van der Waals surface area contributed by atoms with Crippen molar-refractivity contribution >= 4 is 5.69 Å². The minimum atomic E-state index is -0.390. The van der Waals surface area contributed by atoms with Crippen LogP contribution in [0.15, 0.2) is 42.5 Å². The first-order valence-corrected chi connectivity index (χ1v) is 3.55. The van der Waals surface area contributed by atoms with Crippen LogP contribution in [0.25, 0.3) is 0 Å². The number of anilines is 1. The molecule has 0 amide bonds. The molecule has 0 atom stereocenters. The Kier molecular flexibility index (Phi) is 3.02. The van der Waals surface area contributed by atoms with Gasteiger partial charge < -0.3 is 10.1 Å². The van der Waals surface area contributed by atoms with Crippen molar-refractivity contribution < 1.29 is 9.84 Å². The van der Waals surface area contributed by atoms with Crippen molar-refractivity contribution in [3.05, 3.63) is 42.5 Å². The summed E-state index contributed by atoms with van der Waals surface area (Å²) in [5.74, 6) is -0.390. The van der Waals surface area contributed by atoms with Gasteiger partial charge >= 0.3 is 5.95 Å². The average molecular weight is 164 g/mol. The molecule has 0 aromatic heterocycles. The smallest absolute Gasteiger partial charge is 0.346 e. The van der Waals surface area contributed by atoms with Crippen LogP contribution in [0.2, 0.25) is 0 Å². The van der Waals surface area contributed by atoms with Crippen molar-refractivity contribution in [2.75, 3.05) is 12.4 Å². The number of methoxy groups -OCH3 is 1. The van der Waals surface area contributed by atoms with E-state index in [-0.39, 0.29) is 5.95 Å². The summed E-state index contributed by atoms with van der Waals surface area (Å²) in [6.07, 6.45) is 1.27. The van der Waals surface area contributed by atoms with Crippen LogP contribution in [0.4, 0.5) is 5.69 Å². The fraction of sp³-hybridized carbons (Fsp3) is 0.111. The number of nitrogens with one attached hydrogen (secondary N) is 1. The quantitative estimate of drug-likeness (QED) is 0.694. The van der Waals surface area contributed by atoms with Crippen LogP contribution < -0.4 is 5.32 Å². The largest absolute Gasteiger partial charge is 0.465 e. The molecule has 3 nitrogen and oxygen atoms in total. The van der Waals surface area contributed by atoms with Gasteiger partial charge in [0.25, 0.3) is 0 Å². The second-order valence-corrected chi connectivity index (χ2v) is 2.18. The Hall–Kier alpha value is -1.64. The van der Waals surface area contributed by atoms with Gasteiger partial charge in [-0.2, -0.15) is 0 Å². The maximum Gasteiger partial charge on any atom is 0.346 e. The van der Waals surface area contributed by atoms with Gasteiger partial charge in [0.15, 0.2) is 0 Å². The van der Waals surface area contributed by atoms with Crippen LogP contribution in [0.1, 0.15) is 0 Å². The van der Waals surface area contributed by atoms with Gasteiger partial charge in [-0.25, -0.2) is 5.11 Å². The van der Waals surface area contributed by atoms with E-state index >= 15 is 0 Å². The maximum atomic E-state index is 10.6. The van der Waals surface area contributed by atoms with Crippen molar-refractivity contribution in [3.63, 3.8) is 0 Å². The highest BCUT2D eigenvalue weighted by Crippen LogP contribution is 2.05. The Labute approximate surface area is 71.3 Å². The molecule has 1 aromatic carbocycles. The Bertz CT molecular complexity index is 256. The molecule has 63 valence electrons. The molecule has 0 bridgehead atoms. The van der Waals surface area contributed by atoms with Crippen LogP contribution in [0.3, 0.4) is 0 Å². The summed E-state index contributed by atoms with van der Waals surface area (Å²) in [5.41, 5.74) is 0.864. The standard InChI is InChI=1S/C9H10NO2/c1-12-9(11)7-10-8-5-3-2-4-6-8/h2-7,10H,1H3. The molecule has 0 heterocycles. The molecule has 0 saturated carbocycles. The van der Waals surface area contributed by atoms with Gasteiger partial charge in [-0.05, 0) is 12.1 Å². The molecule has 0 spiro atoms. The Morgan fingerprint density at radius 3 is 2.67 bits per heavy atom. The van der Waals surface area contributed by atoms with Crippen molar-refractivity contribution in [2.24, 2.45) is 0 Å². The molecular weight excluding hydrogens is 154 g/mol. The van der Waals surface area contributed by atoms with Crippen LogP contribution in [-0.4, -0.2) is 7.11 Å². The predicted molar refractivity (Wildman–Crippen MR) is 45.8 cm³/mol. The van der Waals surface area contributed by atoms with E-state index in [1.807, 2.05) is 30.3 Å². The van der Waals surface area contributed by atoms with Crippen LogP contribution in [0, 0.1) is 0 Å². The Morgan fingerprint density at radius 1 is 1.42 bits per heavy atom. The second-order valence-electron chi connectivity index (χ2n) is 2.18. The number of rotatable bonds is 3. The Balaban J connectivity index is 2.54. The van der Waals surface area contributed by atoms with Crippen LogP contribution in [0.5, 0.6) is 0 Å². The molecule has 1 rings (SSSR count). The molecule has 3 heteroatoms. The molecule has 0 fully saturated rings. The molecule has 1 N–H and O–H groups in total. The van der Waals surface area contributed by atoms with Gasteiger partial charge in [0.1, 0.15) is 0 Å². The number of para-hydroxylation sites is 1. The summed E-state index contributed by atoms with van der Waals surface area (Å²) in [6.45, 7) is 0. The zero-order valence-corrected chi connectivity index (χ0v) is 6.78. The zero-order valence-electron chi connectivity index (χ0n) is 6.78. The fourth-order valence-electron chi connectivity index (χ4n) is 0.736. The third kappa shape index (κ3) is 2.54. The van der Waals surface area contributed by atoms with E-state index in [0.717, 1.165) is 5.69 Å². The zero-order chi connectivity index (χ0) is 8.81. The van der Waals surface area contributed by atoms with Crippen molar-refractivity contribution in [1.82, 2.24) is 0 Å². The summed E-state index contributed by atoms with van der Waals surface area (Å²) >= 11 is 0. The van der Waals surface area contributed by atoms with E-state index in [1.54, 1.807) is 0 Å². The first-order valence-electron chi connectivity index (χ1n) is 3.55. The Morgan fingerprint density at radius 2 is 2.08 bits per heavy atom. The van der Waals surface area contributed by atoms with Gasteiger partial charge in [0.05, 0.1) is 13.3 Å². The SMILES string of the molecule is COC([O])=CNc1ccccc1. The molecule has 12 heavy (non-hydrogen) atoms. The van der Waals surface area contributed by atoms with Crippen molar-refractivity contribution in [1.29, 1.82) is 0 Å². The van der Waals surface area contributed by atoms with E-state index in [9.17, 15) is 5.11 Å². The molecule has 0 unspecified atom stereocenters. The lowest BCUT2D eigenvalue weighted by Gasteiger charge is -1.98. The first-order chi connectivity index (χ1) is 5.83. The summed E-state index contributed by atoms with van der Waals surface area (Å²) in [4.78, 5) is 0. The van der Waals surface area contributed by atoms with E-state index in [2.05, 4.69) is 10.1 Å². The lowest BCUT2D eigenvalue weighted by molar-refractivity contribution is 0.0861. The van der Waals surface area contributed by atoms with Gasteiger partial charge in [0.2, 0.25) is 0 Å². The molecule has 0 aliphatic rings. The van der Waals surface area contributed by atoms with Gasteiger partial charge in [-0.15, -0.1) is 0 Å². The van der Waals surface area contributed by atoms with Gasteiger partial charge in [-0.1, -0.05) is 18.2 Å². The second kappa shape index (κ2) is 4.28. The molecular formula is C9H10NO2. The highest BCUT2D eigenvalue weighted by molar-refractivity contribution is 5.44. The van der Waals surface area contributed by atoms with Gasteiger partial charge in [-0.3, -0.25) is 0 Å². The molecule has 0 aliphatic heterocycles. The van der Waals surface area contributed by atoms with Crippen molar-refractivity contribution in [2.45, 2.75) is 0 Å². The molecule has 0 saturated heterocycles. The number of hydrogen-bond donors (Lipinski definition) is 1. The lowest BCUT2D eigenvalue weighted by atomic mass is 10.3. The summed E-state index contributed by atoms with van der Waals surface area (Å²) < 4.78 is 4.41. The van der Waals surface area contributed by atoms with E-state index < -0.39 is 0 Å². The minimum Gasteiger partial charge on any atom is -0.465 e. The molecule has 1 radical (unpaired) electrons. The minimum absolute atomic E-state index is 0.390. The van der Waals surface area contributed by atoms with E-state index in [4.69, 9.17) is 0 Å². The monoisotopic (exact) mass is 164 g/mol. The number of ether oxygens (including phenoxy) is 1. The highest BCUT2D eigenvalue weighted by atomic mass is 16.6. The summed E-state index contributed by atoms with van der Waals surface area (Å²) in [5, 5.41) is 13.4. The number of hydrogen-bond acceptors (Lipinski definition) is 2. The van der Waals surface area contributed by atoms with E-state index in [1.165, 1.54) is 13.3 Å². The summed E-state index contributed by atoms with van der Waals surface area (Å²) in [6, 6.07) is 9.39. The van der Waals surface area contributed by atoms with E-state index in [0.29, 0.717) is 0 Å². The third-order valence-corrected chi connectivity index (χ3v) is 1.33. The van der Waals surface area contributed by atoms with Gasteiger partial charge in [0, 0.05) is 5.69 Å².